The Kier molecular flexibility index (Phi) is 6.56. The average Bonchev–Trinajstić information content (AvgIpc) is 3.15. The van der Waals surface area contributed by atoms with Crippen LogP contribution < -0.4 is 10.6 Å². The number of carbonyl (C=O) groups is 1. The van der Waals surface area contributed by atoms with Crippen LogP contribution in [0.2, 0.25) is 0 Å². The highest BCUT2D eigenvalue weighted by Gasteiger charge is 2.28. The number of nitrogens with zero attached hydrogens (tertiary/aromatic N) is 1. The molecule has 0 atom stereocenters. The van der Waals surface area contributed by atoms with Crippen molar-refractivity contribution < 1.29 is 4.79 Å². The summed E-state index contributed by atoms with van der Waals surface area (Å²) in [4.78, 5) is 12.2. The maximum absolute atomic E-state index is 12.2. The summed E-state index contributed by atoms with van der Waals surface area (Å²) in [6.07, 6.45) is 3.62. The summed E-state index contributed by atoms with van der Waals surface area (Å²) in [7, 11) is 0. The van der Waals surface area contributed by atoms with Gasteiger partial charge in [0.25, 0.3) is 5.91 Å². The fraction of sp³-hybridized carbons (Fsp3) is 0.667. The van der Waals surface area contributed by atoms with Gasteiger partial charge in [-0.2, -0.15) is 0 Å². The number of carbonyl (C=O) groups excluding carboxylic acids is 1. The minimum absolute atomic E-state index is 0. The highest BCUT2D eigenvalue weighted by Crippen LogP contribution is 2.38. The molecule has 0 unspecified atom stereocenters. The van der Waals surface area contributed by atoms with Crippen LogP contribution in [0.5, 0.6) is 0 Å². The van der Waals surface area contributed by atoms with Crippen molar-refractivity contribution in [3.05, 3.63) is 23.0 Å². The molecular formula is C15H26ClN3O. The summed E-state index contributed by atoms with van der Waals surface area (Å²) < 4.78 is 2.31. The Bertz CT molecular complexity index is 452. The molecule has 0 spiro atoms. The quantitative estimate of drug-likeness (QED) is 0.760. The minimum atomic E-state index is 0. The molecule has 0 aliphatic heterocycles. The van der Waals surface area contributed by atoms with Crippen molar-refractivity contribution in [1.82, 2.24) is 15.2 Å². The first-order chi connectivity index (χ1) is 9.15. The van der Waals surface area contributed by atoms with Crippen molar-refractivity contribution in [2.45, 2.75) is 46.1 Å². The van der Waals surface area contributed by atoms with E-state index in [-0.39, 0.29) is 18.3 Å². The predicted octanol–water partition coefficient (Wildman–Crippen LogP) is 2.59. The zero-order valence-corrected chi connectivity index (χ0v) is 13.5. The van der Waals surface area contributed by atoms with Crippen LogP contribution >= 0.6 is 12.4 Å². The van der Waals surface area contributed by atoms with Gasteiger partial charge in [0, 0.05) is 30.5 Å². The van der Waals surface area contributed by atoms with Crippen molar-refractivity contribution in [2.75, 3.05) is 19.6 Å². The van der Waals surface area contributed by atoms with Crippen molar-refractivity contribution in [3.63, 3.8) is 0 Å². The summed E-state index contributed by atoms with van der Waals surface area (Å²) in [5.41, 5.74) is 3.15. The zero-order valence-electron chi connectivity index (χ0n) is 12.7. The molecule has 1 aromatic rings. The maximum atomic E-state index is 12.2. The Hall–Kier alpha value is -1.00. The number of hydrogen-bond acceptors (Lipinski definition) is 2. The van der Waals surface area contributed by atoms with Crippen molar-refractivity contribution in [2.24, 2.45) is 0 Å². The SMILES string of the molecule is CCCNCCNC(=O)c1cc(C)n(C2CC2)c1C.Cl. The van der Waals surface area contributed by atoms with E-state index in [0.29, 0.717) is 12.6 Å². The van der Waals surface area contributed by atoms with Crippen LogP contribution in [-0.4, -0.2) is 30.1 Å². The van der Waals surface area contributed by atoms with Gasteiger partial charge in [-0.1, -0.05) is 6.92 Å². The van der Waals surface area contributed by atoms with Gasteiger partial charge < -0.3 is 15.2 Å². The van der Waals surface area contributed by atoms with Crippen molar-refractivity contribution in [3.8, 4) is 0 Å². The largest absolute Gasteiger partial charge is 0.351 e. The van der Waals surface area contributed by atoms with E-state index in [1.807, 2.05) is 6.07 Å². The number of amides is 1. The number of hydrogen-bond donors (Lipinski definition) is 2. The predicted molar refractivity (Wildman–Crippen MR) is 84.9 cm³/mol. The first kappa shape index (κ1) is 17.1. The highest BCUT2D eigenvalue weighted by molar-refractivity contribution is 5.95. The van der Waals surface area contributed by atoms with Crippen LogP contribution in [0.4, 0.5) is 0 Å². The average molecular weight is 300 g/mol. The fourth-order valence-electron chi connectivity index (χ4n) is 2.56. The van der Waals surface area contributed by atoms with Crippen molar-refractivity contribution >= 4 is 18.3 Å². The lowest BCUT2D eigenvalue weighted by molar-refractivity contribution is 0.0953. The second-order valence-electron chi connectivity index (χ2n) is 5.39. The smallest absolute Gasteiger partial charge is 0.253 e. The summed E-state index contributed by atoms with van der Waals surface area (Å²) in [6.45, 7) is 8.80. The normalized spacial score (nSPS) is 13.9. The molecule has 4 nitrogen and oxygen atoms in total. The lowest BCUT2D eigenvalue weighted by atomic mass is 10.2. The zero-order chi connectivity index (χ0) is 13.8. The Labute approximate surface area is 127 Å². The Morgan fingerprint density at radius 1 is 1.30 bits per heavy atom. The number of halogens is 1. The second-order valence-corrected chi connectivity index (χ2v) is 5.39. The van der Waals surface area contributed by atoms with Gasteiger partial charge in [-0.15, -0.1) is 12.4 Å². The van der Waals surface area contributed by atoms with Crippen LogP contribution in [-0.2, 0) is 0 Å². The minimum Gasteiger partial charge on any atom is -0.351 e. The van der Waals surface area contributed by atoms with Gasteiger partial charge >= 0.3 is 0 Å². The van der Waals surface area contributed by atoms with Crippen LogP contribution in [0, 0.1) is 13.8 Å². The molecule has 114 valence electrons. The molecule has 1 fully saturated rings. The highest BCUT2D eigenvalue weighted by atomic mass is 35.5. The lowest BCUT2D eigenvalue weighted by Crippen LogP contribution is -2.32. The van der Waals surface area contributed by atoms with Crippen LogP contribution in [0.1, 0.15) is 54.0 Å². The van der Waals surface area contributed by atoms with Gasteiger partial charge in [-0.25, -0.2) is 0 Å². The molecule has 1 amide bonds. The second kappa shape index (κ2) is 7.70. The van der Waals surface area contributed by atoms with E-state index < -0.39 is 0 Å². The molecule has 0 saturated heterocycles. The van der Waals surface area contributed by atoms with E-state index in [1.165, 1.54) is 18.5 Å². The molecule has 0 radical (unpaired) electrons. The third kappa shape index (κ3) is 4.00. The van der Waals surface area contributed by atoms with Gasteiger partial charge in [0.15, 0.2) is 0 Å². The molecule has 1 heterocycles. The van der Waals surface area contributed by atoms with E-state index in [0.717, 1.165) is 30.8 Å². The number of aryl methyl sites for hydroxylation is 1. The van der Waals surface area contributed by atoms with Gasteiger partial charge in [-0.3, -0.25) is 4.79 Å². The van der Waals surface area contributed by atoms with Gasteiger partial charge in [-0.05, 0) is 45.7 Å². The van der Waals surface area contributed by atoms with Gasteiger partial charge in [0.1, 0.15) is 0 Å². The monoisotopic (exact) mass is 299 g/mol. The Balaban J connectivity index is 0.00000200. The molecule has 20 heavy (non-hydrogen) atoms. The third-order valence-corrected chi connectivity index (χ3v) is 3.66. The molecule has 1 aliphatic carbocycles. The van der Waals surface area contributed by atoms with Gasteiger partial charge in [0.2, 0.25) is 0 Å². The number of nitrogens with one attached hydrogen (secondary N) is 2. The molecule has 0 aromatic carbocycles. The first-order valence-corrected chi connectivity index (χ1v) is 7.32. The maximum Gasteiger partial charge on any atom is 0.253 e. The molecule has 2 rings (SSSR count). The molecule has 1 aliphatic rings. The number of rotatable bonds is 7. The lowest BCUT2D eigenvalue weighted by Gasteiger charge is -2.08. The van der Waals surface area contributed by atoms with Crippen molar-refractivity contribution in [1.29, 1.82) is 0 Å². The standard InChI is InChI=1S/C15H25N3O.ClH/c1-4-7-16-8-9-17-15(19)14-10-11(2)18(12(14)3)13-5-6-13;/h10,13,16H,4-9H2,1-3H3,(H,17,19);1H. The summed E-state index contributed by atoms with van der Waals surface area (Å²) >= 11 is 0. The van der Waals surface area contributed by atoms with E-state index in [4.69, 9.17) is 0 Å². The van der Waals surface area contributed by atoms with E-state index >= 15 is 0 Å². The Morgan fingerprint density at radius 2 is 2.00 bits per heavy atom. The third-order valence-electron chi connectivity index (χ3n) is 3.66. The van der Waals surface area contributed by atoms with Gasteiger partial charge in [0.05, 0.1) is 5.56 Å². The molecular weight excluding hydrogens is 274 g/mol. The summed E-state index contributed by atoms with van der Waals surface area (Å²) in [5.74, 6) is 0.0540. The van der Waals surface area contributed by atoms with Crippen LogP contribution in [0.15, 0.2) is 6.07 Å². The molecule has 1 aromatic heterocycles. The van der Waals surface area contributed by atoms with E-state index in [2.05, 4.69) is 36.0 Å². The first-order valence-electron chi connectivity index (χ1n) is 7.32. The fourth-order valence-corrected chi connectivity index (χ4v) is 2.56. The molecule has 0 bridgehead atoms. The summed E-state index contributed by atoms with van der Waals surface area (Å²) in [5, 5.41) is 6.27. The topological polar surface area (TPSA) is 46.1 Å². The van der Waals surface area contributed by atoms with E-state index in [9.17, 15) is 4.79 Å². The van der Waals surface area contributed by atoms with Crippen LogP contribution in [0.3, 0.4) is 0 Å². The Morgan fingerprint density at radius 3 is 2.60 bits per heavy atom. The summed E-state index contributed by atoms with van der Waals surface area (Å²) in [6, 6.07) is 2.65. The van der Waals surface area contributed by atoms with E-state index in [1.54, 1.807) is 0 Å². The number of aromatic nitrogens is 1. The molecule has 1 saturated carbocycles. The molecule has 5 heteroatoms. The molecule has 2 N–H and O–H groups in total. The van der Waals surface area contributed by atoms with Crippen LogP contribution in [0.25, 0.3) is 0 Å².